The highest BCUT2D eigenvalue weighted by Crippen LogP contribution is 2.39. The van der Waals surface area contributed by atoms with Crippen LogP contribution in [0, 0.1) is 0 Å². The van der Waals surface area contributed by atoms with Gasteiger partial charge in [0.1, 0.15) is 0 Å². The van der Waals surface area contributed by atoms with E-state index in [0.717, 1.165) is 18.7 Å². The molecule has 1 aliphatic carbocycles. The van der Waals surface area contributed by atoms with E-state index in [1.165, 1.54) is 18.4 Å². The molecule has 1 aliphatic heterocycles. The molecule has 0 unspecified atom stereocenters. The average Bonchev–Trinajstić information content (AvgIpc) is 3.43. The summed E-state index contributed by atoms with van der Waals surface area (Å²) in [6, 6.07) is 12.9. The standard InChI is InChI=1S/C19H22N4O/c1-13(14-5-3-2-4-6-14)23-11-17(12-23)21-19(24)18-9-16(10-20-22-18)15-7-8-15/h2-6,9-10,13,15,17H,7-8,11-12H2,1H3,(H,21,24)/t13-/m0/s1. The Bertz CT molecular complexity index is 723. The molecular weight excluding hydrogens is 300 g/mol. The molecule has 124 valence electrons. The summed E-state index contributed by atoms with van der Waals surface area (Å²) in [5, 5.41) is 11.0. The molecular formula is C19H22N4O. The number of amides is 1. The third-order valence-corrected chi connectivity index (χ3v) is 5.03. The number of nitrogens with zero attached hydrogens (tertiary/aromatic N) is 3. The molecule has 0 radical (unpaired) electrons. The van der Waals surface area contributed by atoms with Crippen molar-refractivity contribution in [3.05, 3.63) is 59.4 Å². The number of hydrogen-bond donors (Lipinski definition) is 1. The van der Waals surface area contributed by atoms with Gasteiger partial charge in [-0.15, -0.1) is 5.10 Å². The van der Waals surface area contributed by atoms with Crippen LogP contribution in [0.3, 0.4) is 0 Å². The molecule has 2 heterocycles. The lowest BCUT2D eigenvalue weighted by molar-refractivity contribution is 0.0671. The number of likely N-dealkylation sites (tertiary alicyclic amines) is 1. The third kappa shape index (κ3) is 3.17. The molecule has 1 amide bonds. The van der Waals surface area contributed by atoms with Crippen LogP contribution in [0.4, 0.5) is 0 Å². The van der Waals surface area contributed by atoms with Crippen molar-refractivity contribution in [3.63, 3.8) is 0 Å². The Morgan fingerprint density at radius 2 is 2.00 bits per heavy atom. The molecule has 1 saturated heterocycles. The summed E-state index contributed by atoms with van der Waals surface area (Å²) < 4.78 is 0. The summed E-state index contributed by atoms with van der Waals surface area (Å²) in [6.45, 7) is 3.95. The maximum Gasteiger partial charge on any atom is 0.272 e. The second-order valence-electron chi connectivity index (χ2n) is 6.86. The fourth-order valence-corrected chi connectivity index (χ4v) is 3.25. The molecule has 2 aromatic rings. The van der Waals surface area contributed by atoms with Crippen molar-refractivity contribution in [2.24, 2.45) is 0 Å². The molecule has 5 heteroatoms. The van der Waals surface area contributed by atoms with Crippen LogP contribution in [0.1, 0.15) is 53.3 Å². The van der Waals surface area contributed by atoms with Gasteiger partial charge in [0.25, 0.3) is 5.91 Å². The van der Waals surface area contributed by atoms with Gasteiger partial charge in [0.2, 0.25) is 0 Å². The first-order valence-corrected chi connectivity index (χ1v) is 8.63. The largest absolute Gasteiger partial charge is 0.345 e. The van der Waals surface area contributed by atoms with Crippen molar-refractivity contribution in [1.29, 1.82) is 0 Å². The van der Waals surface area contributed by atoms with E-state index in [2.05, 4.69) is 51.6 Å². The van der Waals surface area contributed by atoms with Crippen LogP contribution < -0.4 is 5.32 Å². The summed E-state index contributed by atoms with van der Waals surface area (Å²) in [5.74, 6) is 0.472. The number of rotatable bonds is 5. The zero-order chi connectivity index (χ0) is 16.5. The van der Waals surface area contributed by atoms with Gasteiger partial charge in [-0.05, 0) is 42.9 Å². The molecule has 0 spiro atoms. The molecule has 1 saturated carbocycles. The summed E-state index contributed by atoms with van der Waals surface area (Å²) in [7, 11) is 0. The van der Waals surface area contributed by atoms with Gasteiger partial charge in [0, 0.05) is 19.1 Å². The minimum Gasteiger partial charge on any atom is -0.345 e. The van der Waals surface area contributed by atoms with Gasteiger partial charge in [0.15, 0.2) is 5.69 Å². The maximum absolute atomic E-state index is 12.4. The molecule has 1 aromatic heterocycles. The number of carbonyl (C=O) groups excluding carboxylic acids is 1. The topological polar surface area (TPSA) is 58.1 Å². The van der Waals surface area contributed by atoms with Gasteiger partial charge < -0.3 is 5.32 Å². The quantitative estimate of drug-likeness (QED) is 0.919. The molecule has 5 nitrogen and oxygen atoms in total. The maximum atomic E-state index is 12.4. The third-order valence-electron chi connectivity index (χ3n) is 5.03. The van der Waals surface area contributed by atoms with E-state index in [-0.39, 0.29) is 11.9 Å². The van der Waals surface area contributed by atoms with E-state index < -0.39 is 0 Å². The minimum atomic E-state index is -0.109. The van der Waals surface area contributed by atoms with Gasteiger partial charge in [-0.3, -0.25) is 9.69 Å². The SMILES string of the molecule is C[C@@H](c1ccccc1)N1CC(NC(=O)c2cc(C3CC3)cnn2)C1. The van der Waals surface area contributed by atoms with Crippen molar-refractivity contribution in [2.45, 2.75) is 37.8 Å². The van der Waals surface area contributed by atoms with Crippen molar-refractivity contribution in [2.75, 3.05) is 13.1 Å². The van der Waals surface area contributed by atoms with Crippen molar-refractivity contribution < 1.29 is 4.79 Å². The Balaban J connectivity index is 1.31. The van der Waals surface area contributed by atoms with Gasteiger partial charge >= 0.3 is 0 Å². The number of aromatic nitrogens is 2. The van der Waals surface area contributed by atoms with Gasteiger partial charge in [-0.1, -0.05) is 30.3 Å². The van der Waals surface area contributed by atoms with E-state index in [1.54, 1.807) is 6.20 Å². The van der Waals surface area contributed by atoms with E-state index in [0.29, 0.717) is 17.7 Å². The minimum absolute atomic E-state index is 0.109. The predicted octanol–water partition coefficient (Wildman–Crippen LogP) is 2.53. The smallest absolute Gasteiger partial charge is 0.272 e. The van der Waals surface area contributed by atoms with Gasteiger partial charge in [-0.25, -0.2) is 0 Å². The van der Waals surface area contributed by atoms with Crippen LogP contribution in [0.15, 0.2) is 42.6 Å². The van der Waals surface area contributed by atoms with Crippen molar-refractivity contribution in [1.82, 2.24) is 20.4 Å². The number of carbonyl (C=O) groups is 1. The second-order valence-corrected chi connectivity index (χ2v) is 6.86. The Labute approximate surface area is 142 Å². The fourth-order valence-electron chi connectivity index (χ4n) is 3.25. The lowest BCUT2D eigenvalue weighted by Gasteiger charge is -2.43. The normalized spacial score (nSPS) is 19.5. The summed E-state index contributed by atoms with van der Waals surface area (Å²) in [6.07, 6.45) is 4.17. The van der Waals surface area contributed by atoms with Crippen LogP contribution in [0.25, 0.3) is 0 Å². The van der Waals surface area contributed by atoms with Gasteiger partial charge in [-0.2, -0.15) is 5.10 Å². The number of hydrogen-bond acceptors (Lipinski definition) is 4. The Morgan fingerprint density at radius 3 is 2.71 bits per heavy atom. The van der Waals surface area contributed by atoms with Crippen LogP contribution in [0.5, 0.6) is 0 Å². The number of nitrogens with one attached hydrogen (secondary N) is 1. The lowest BCUT2D eigenvalue weighted by atomic mass is 10.0. The molecule has 24 heavy (non-hydrogen) atoms. The Morgan fingerprint density at radius 1 is 1.25 bits per heavy atom. The zero-order valence-corrected chi connectivity index (χ0v) is 13.9. The van der Waals surface area contributed by atoms with Crippen molar-refractivity contribution >= 4 is 5.91 Å². The van der Waals surface area contributed by atoms with Crippen molar-refractivity contribution in [3.8, 4) is 0 Å². The molecule has 1 N–H and O–H groups in total. The van der Waals surface area contributed by atoms with E-state index >= 15 is 0 Å². The number of benzene rings is 1. The zero-order valence-electron chi connectivity index (χ0n) is 13.9. The highest BCUT2D eigenvalue weighted by atomic mass is 16.2. The van der Waals surface area contributed by atoms with E-state index in [9.17, 15) is 4.79 Å². The van der Waals surface area contributed by atoms with Crippen LogP contribution >= 0.6 is 0 Å². The highest BCUT2D eigenvalue weighted by Gasteiger charge is 2.32. The molecule has 4 rings (SSSR count). The Kier molecular flexibility index (Phi) is 4.02. The van der Waals surface area contributed by atoms with Crippen LogP contribution in [-0.2, 0) is 0 Å². The molecule has 1 atom stereocenters. The van der Waals surface area contributed by atoms with Gasteiger partial charge in [0.05, 0.1) is 12.2 Å². The first-order chi connectivity index (χ1) is 11.7. The predicted molar refractivity (Wildman–Crippen MR) is 91.7 cm³/mol. The lowest BCUT2D eigenvalue weighted by Crippen LogP contribution is -2.59. The Hall–Kier alpha value is -2.27. The van der Waals surface area contributed by atoms with E-state index in [1.807, 2.05) is 12.1 Å². The summed E-state index contributed by atoms with van der Waals surface area (Å²) >= 11 is 0. The monoisotopic (exact) mass is 322 g/mol. The molecule has 0 bridgehead atoms. The molecule has 2 aliphatic rings. The van der Waals surface area contributed by atoms with E-state index in [4.69, 9.17) is 0 Å². The first-order valence-electron chi connectivity index (χ1n) is 8.63. The van der Waals surface area contributed by atoms with Crippen LogP contribution in [0.2, 0.25) is 0 Å². The fraction of sp³-hybridized carbons (Fsp3) is 0.421. The average molecular weight is 322 g/mol. The summed E-state index contributed by atoms with van der Waals surface area (Å²) in [5.41, 5.74) is 2.89. The molecule has 1 aromatic carbocycles. The summed E-state index contributed by atoms with van der Waals surface area (Å²) in [4.78, 5) is 14.7. The van der Waals surface area contributed by atoms with Crippen LogP contribution in [-0.4, -0.2) is 40.1 Å². The first kappa shape index (κ1) is 15.3. The highest BCUT2D eigenvalue weighted by molar-refractivity contribution is 5.92. The molecule has 2 fully saturated rings. The second kappa shape index (κ2) is 6.32.